The van der Waals surface area contributed by atoms with E-state index in [0.717, 1.165) is 10.6 Å². The number of anilines is 1. The third-order valence-electron chi connectivity index (χ3n) is 8.26. The van der Waals surface area contributed by atoms with E-state index < -0.39 is 46.3 Å². The zero-order chi connectivity index (χ0) is 40.5. The van der Waals surface area contributed by atoms with Crippen molar-refractivity contribution in [2.75, 3.05) is 24.4 Å². The van der Waals surface area contributed by atoms with Gasteiger partial charge in [-0.15, -0.1) is 0 Å². The molecular weight excluding hydrogens is 753 g/mol. The zero-order valence-electron chi connectivity index (χ0n) is 31.3. The molecule has 0 aliphatic heterocycles. The van der Waals surface area contributed by atoms with Gasteiger partial charge >= 0.3 is 11.9 Å². The van der Waals surface area contributed by atoms with Gasteiger partial charge in [-0.3, -0.25) is 9.59 Å². The fourth-order valence-corrected chi connectivity index (χ4v) is 5.64. The molecule has 1 unspecified atom stereocenters. The highest BCUT2D eigenvalue weighted by Gasteiger charge is 2.32. The van der Waals surface area contributed by atoms with Gasteiger partial charge in [0.15, 0.2) is 11.4 Å². The molecular formula is C40H43ClFN3O9S. The first-order valence-corrected chi connectivity index (χ1v) is 19.5. The minimum atomic E-state index is -3.67. The highest BCUT2D eigenvalue weighted by Crippen LogP contribution is 2.32. The number of aliphatic hydroxyl groups excluding tert-OH is 1. The second kappa shape index (κ2) is 18.4. The van der Waals surface area contributed by atoms with Gasteiger partial charge in [-0.05, 0) is 105 Å². The first-order valence-electron chi connectivity index (χ1n) is 17.2. The number of aromatic nitrogens is 2. The van der Waals surface area contributed by atoms with Crippen molar-refractivity contribution in [3.05, 3.63) is 112 Å². The second-order valence-corrected chi connectivity index (χ2v) is 15.9. The number of halogens is 2. The van der Waals surface area contributed by atoms with Gasteiger partial charge in [0.1, 0.15) is 11.6 Å². The van der Waals surface area contributed by atoms with Crippen molar-refractivity contribution in [3.8, 4) is 17.0 Å². The molecule has 0 bridgehead atoms. The van der Waals surface area contributed by atoms with Gasteiger partial charge in [0, 0.05) is 34.3 Å². The van der Waals surface area contributed by atoms with E-state index in [1.807, 2.05) is 13.8 Å². The van der Waals surface area contributed by atoms with Crippen LogP contribution in [0.4, 0.5) is 10.3 Å². The van der Waals surface area contributed by atoms with E-state index in [1.54, 1.807) is 60.7 Å². The minimum Gasteiger partial charge on any atom is -0.476 e. The molecule has 3 aromatic carbocycles. The number of ketones is 1. The maximum absolute atomic E-state index is 13.8. The third kappa shape index (κ3) is 11.9. The Morgan fingerprint density at radius 2 is 1.55 bits per heavy atom. The lowest BCUT2D eigenvalue weighted by Gasteiger charge is -2.24. The number of aliphatic hydroxyl groups is 1. The summed E-state index contributed by atoms with van der Waals surface area (Å²) in [5.74, 6) is -2.13. The zero-order valence-corrected chi connectivity index (χ0v) is 32.9. The van der Waals surface area contributed by atoms with Crippen LogP contribution >= 0.6 is 11.6 Å². The molecule has 1 heterocycles. The van der Waals surface area contributed by atoms with Crippen LogP contribution < -0.4 is 9.04 Å². The number of sulfonamides is 1. The van der Waals surface area contributed by atoms with Crippen molar-refractivity contribution < 1.29 is 46.5 Å². The van der Waals surface area contributed by atoms with Crippen molar-refractivity contribution >= 4 is 51.4 Å². The summed E-state index contributed by atoms with van der Waals surface area (Å²) in [6.45, 7) is 6.05. The Morgan fingerprint density at radius 3 is 2.13 bits per heavy atom. The van der Waals surface area contributed by atoms with Crippen LogP contribution in [-0.4, -0.2) is 73.0 Å². The maximum Gasteiger partial charge on any atom is 0.352 e. The number of nitrogens with zero attached hydrogens (tertiary/aromatic N) is 3. The average molecular weight is 796 g/mol. The third-order valence-corrected chi connectivity index (χ3v) is 9.67. The Morgan fingerprint density at radius 1 is 0.945 bits per heavy atom. The summed E-state index contributed by atoms with van der Waals surface area (Å²) in [4.78, 5) is 46.9. The summed E-state index contributed by atoms with van der Waals surface area (Å²) < 4.78 is 55.2. The van der Waals surface area contributed by atoms with Crippen LogP contribution in [0.1, 0.15) is 80.1 Å². The molecule has 1 N–H and O–H groups in total. The first-order chi connectivity index (χ1) is 25.9. The van der Waals surface area contributed by atoms with Crippen molar-refractivity contribution in [3.63, 3.8) is 0 Å². The predicted molar refractivity (Wildman–Crippen MR) is 207 cm³/mol. The van der Waals surface area contributed by atoms with Crippen LogP contribution in [0.2, 0.25) is 5.02 Å². The Bertz CT molecular complexity index is 2120. The number of ether oxygens (including phenoxy) is 3. The second-order valence-electron chi connectivity index (χ2n) is 13.4. The molecule has 0 spiro atoms. The fraction of sp³-hybridized carbons (Fsp3) is 0.325. The molecule has 4 rings (SSSR count). The monoisotopic (exact) mass is 795 g/mol. The largest absolute Gasteiger partial charge is 0.476 e. The average Bonchev–Trinajstić information content (AvgIpc) is 3.13. The number of rotatable bonds is 17. The number of carbonyl (C=O) groups is 3. The predicted octanol–water partition coefficient (Wildman–Crippen LogP) is 7.13. The van der Waals surface area contributed by atoms with Gasteiger partial charge in [0.2, 0.25) is 22.8 Å². The Labute approximate surface area is 325 Å². The van der Waals surface area contributed by atoms with Crippen molar-refractivity contribution in [1.29, 1.82) is 0 Å². The molecule has 0 radical (unpaired) electrons. The summed E-state index contributed by atoms with van der Waals surface area (Å²) in [5, 5.41) is 11.0. The molecule has 0 fully saturated rings. The number of benzene rings is 3. The van der Waals surface area contributed by atoms with Crippen LogP contribution in [0.5, 0.6) is 5.75 Å². The van der Waals surface area contributed by atoms with E-state index in [1.165, 1.54) is 45.2 Å². The number of hydrogen-bond acceptors (Lipinski definition) is 11. The highest BCUT2D eigenvalue weighted by atomic mass is 35.5. The molecule has 0 amide bonds. The lowest BCUT2D eigenvalue weighted by atomic mass is 9.97. The van der Waals surface area contributed by atoms with Crippen LogP contribution in [0.25, 0.3) is 17.3 Å². The normalized spacial score (nSPS) is 12.4. The summed E-state index contributed by atoms with van der Waals surface area (Å²) in [6.07, 6.45) is 3.62. The number of hydrogen-bond donors (Lipinski definition) is 1. The van der Waals surface area contributed by atoms with Crippen molar-refractivity contribution in [2.24, 2.45) is 0 Å². The molecule has 0 aliphatic rings. The quantitative estimate of drug-likeness (QED) is 0.0657. The van der Waals surface area contributed by atoms with Gasteiger partial charge in [-0.25, -0.2) is 31.9 Å². The molecule has 1 aromatic heterocycles. The molecule has 1 atom stereocenters. The molecule has 0 aliphatic carbocycles. The maximum atomic E-state index is 13.8. The summed E-state index contributed by atoms with van der Waals surface area (Å²) in [7, 11) is -2.32. The van der Waals surface area contributed by atoms with Gasteiger partial charge < -0.3 is 19.3 Å². The van der Waals surface area contributed by atoms with Gasteiger partial charge in [-0.2, -0.15) is 0 Å². The van der Waals surface area contributed by atoms with Crippen LogP contribution in [0.15, 0.2) is 78.9 Å². The van der Waals surface area contributed by atoms with Crippen molar-refractivity contribution in [1.82, 2.24) is 9.97 Å². The van der Waals surface area contributed by atoms with E-state index in [-0.39, 0.29) is 30.5 Å². The van der Waals surface area contributed by atoms with E-state index in [4.69, 9.17) is 25.8 Å². The number of carbonyl (C=O) groups excluding carboxylic acids is 3. The minimum absolute atomic E-state index is 0.0338. The topological polar surface area (TPSA) is 162 Å². The van der Waals surface area contributed by atoms with Crippen LogP contribution in [0, 0.1) is 5.82 Å². The van der Waals surface area contributed by atoms with Gasteiger partial charge in [0.05, 0.1) is 30.2 Å². The van der Waals surface area contributed by atoms with E-state index in [2.05, 4.69) is 9.97 Å². The Balaban J connectivity index is 1.29. The standard InChI is InChI=1S/C40H43ClFN3O9S/c1-25(2)35-33(36(26-13-19-30(42)20-14-26)44-39(43-35)45(5)55(6,50)51)10-8-7-9-31(46)23-34(47)52-24-53-38(49)40(3,4)54-32-21-15-28(16-22-32)37(48)27-11-17-29(41)18-12-27/h8,10-22,25,31,46H,7,9,23-24H2,1-6H3/b10-8+. The Kier molecular flexibility index (Phi) is 14.3. The van der Waals surface area contributed by atoms with Gasteiger partial charge in [0.25, 0.3) is 0 Å². The summed E-state index contributed by atoms with van der Waals surface area (Å²) in [6, 6.07) is 18.4. The Hall–Kier alpha value is -5.18. The molecule has 55 heavy (non-hydrogen) atoms. The van der Waals surface area contributed by atoms with Crippen LogP contribution in [0.3, 0.4) is 0 Å². The van der Waals surface area contributed by atoms with Crippen LogP contribution in [-0.2, 0) is 29.1 Å². The molecule has 4 aromatic rings. The molecule has 0 saturated heterocycles. The lowest BCUT2D eigenvalue weighted by Crippen LogP contribution is -2.40. The van der Waals surface area contributed by atoms with Crippen molar-refractivity contribution in [2.45, 2.75) is 64.6 Å². The highest BCUT2D eigenvalue weighted by molar-refractivity contribution is 7.92. The lowest BCUT2D eigenvalue weighted by molar-refractivity contribution is -0.178. The SMILES string of the molecule is CC(C)c1nc(N(C)S(C)(=O)=O)nc(-c2ccc(F)cc2)c1/C=C/CCC(O)CC(=O)OCOC(=O)C(C)(C)Oc1ccc(C(=O)c2ccc(Cl)cc2)cc1. The summed E-state index contributed by atoms with van der Waals surface area (Å²) in [5.41, 5.74) is 1.51. The first kappa shape index (κ1) is 42.6. The number of esters is 2. The molecule has 15 heteroatoms. The smallest absolute Gasteiger partial charge is 0.352 e. The number of allylic oxidation sites excluding steroid dienone is 1. The van der Waals surface area contributed by atoms with E-state index >= 15 is 0 Å². The molecule has 12 nitrogen and oxygen atoms in total. The fourth-order valence-electron chi connectivity index (χ4n) is 5.14. The molecule has 0 saturated carbocycles. The summed E-state index contributed by atoms with van der Waals surface area (Å²) >= 11 is 5.90. The van der Waals surface area contributed by atoms with E-state index in [9.17, 15) is 32.3 Å². The van der Waals surface area contributed by atoms with E-state index in [0.29, 0.717) is 50.8 Å². The molecule has 292 valence electrons. The van der Waals surface area contributed by atoms with Gasteiger partial charge in [-0.1, -0.05) is 37.6 Å².